The fourth-order valence-corrected chi connectivity index (χ4v) is 4.39. The Balaban J connectivity index is 1.49. The zero-order valence-corrected chi connectivity index (χ0v) is 17.7. The molecule has 1 saturated carbocycles. The molecule has 11 heteroatoms. The van der Waals surface area contributed by atoms with E-state index < -0.39 is 11.9 Å². The lowest BCUT2D eigenvalue weighted by molar-refractivity contribution is -0.141. The van der Waals surface area contributed by atoms with Crippen LogP contribution in [0, 0.1) is 5.92 Å². The number of carbonyl (C=O) groups is 2. The molecule has 1 aliphatic heterocycles. The molecule has 1 aliphatic carbocycles. The number of aromatic nitrogens is 3. The standard InChI is InChI=1S/C22H21F3N6O2/c1-11(32)27-7-16(12-2-3-12)31-9-14-6-13(4-5-15(14)21(31)33)17-8-28-20-19(26)29-18(10-30(17)20)22(23,24)25/h4-6,8,10,12,16H,2-3,7,9H2,1H3,(H2,26,29)(H,27,32). The molecule has 8 nitrogen and oxygen atoms in total. The van der Waals surface area contributed by atoms with E-state index in [0.717, 1.165) is 24.6 Å². The first kappa shape index (κ1) is 21.2. The highest BCUT2D eigenvalue weighted by atomic mass is 19.4. The number of amides is 2. The predicted molar refractivity (Wildman–Crippen MR) is 113 cm³/mol. The number of nitrogens with one attached hydrogen (secondary N) is 1. The van der Waals surface area contributed by atoms with Crippen LogP contribution in [0.15, 0.2) is 30.6 Å². The van der Waals surface area contributed by atoms with Crippen molar-refractivity contribution in [3.05, 3.63) is 47.4 Å². The highest BCUT2D eigenvalue weighted by Crippen LogP contribution is 2.39. The third-order valence-electron chi connectivity index (χ3n) is 6.17. The Kier molecular flexibility index (Phi) is 4.80. The van der Waals surface area contributed by atoms with Crippen molar-refractivity contribution in [2.24, 2.45) is 5.92 Å². The number of anilines is 1. The van der Waals surface area contributed by atoms with Crippen LogP contribution in [0.3, 0.4) is 0 Å². The van der Waals surface area contributed by atoms with Gasteiger partial charge in [-0.3, -0.25) is 14.0 Å². The van der Waals surface area contributed by atoms with Crippen LogP contribution < -0.4 is 11.1 Å². The number of halogens is 3. The molecule has 2 aromatic heterocycles. The number of rotatable bonds is 5. The van der Waals surface area contributed by atoms with Gasteiger partial charge in [0.15, 0.2) is 17.2 Å². The van der Waals surface area contributed by atoms with Gasteiger partial charge >= 0.3 is 6.18 Å². The Morgan fingerprint density at radius 1 is 1.33 bits per heavy atom. The van der Waals surface area contributed by atoms with Crippen molar-refractivity contribution in [2.75, 3.05) is 12.3 Å². The van der Waals surface area contributed by atoms with Crippen LogP contribution in [0.4, 0.5) is 19.0 Å². The fourth-order valence-electron chi connectivity index (χ4n) is 4.39. The summed E-state index contributed by atoms with van der Waals surface area (Å²) in [6.07, 6.45) is -0.327. The van der Waals surface area contributed by atoms with Gasteiger partial charge in [-0.15, -0.1) is 0 Å². The van der Waals surface area contributed by atoms with E-state index in [1.807, 2.05) is 0 Å². The minimum atomic E-state index is -4.65. The van der Waals surface area contributed by atoms with Crippen molar-refractivity contribution < 1.29 is 22.8 Å². The third-order valence-corrected chi connectivity index (χ3v) is 6.17. The maximum atomic E-state index is 13.2. The van der Waals surface area contributed by atoms with Gasteiger partial charge in [0.25, 0.3) is 5.91 Å². The Labute approximate surface area is 186 Å². The summed E-state index contributed by atoms with van der Waals surface area (Å²) in [7, 11) is 0. The van der Waals surface area contributed by atoms with Gasteiger partial charge in [-0.25, -0.2) is 9.97 Å². The number of nitrogens with zero attached hydrogens (tertiary/aromatic N) is 4. The molecule has 3 N–H and O–H groups in total. The Morgan fingerprint density at radius 2 is 2.09 bits per heavy atom. The highest BCUT2D eigenvalue weighted by molar-refractivity contribution is 5.99. The molecule has 2 amide bonds. The number of nitrogens with two attached hydrogens (primary N) is 1. The molecule has 1 fully saturated rings. The van der Waals surface area contributed by atoms with Crippen LogP contribution in [0.1, 0.15) is 41.4 Å². The highest BCUT2D eigenvalue weighted by Gasteiger charge is 2.41. The largest absolute Gasteiger partial charge is 0.434 e. The van der Waals surface area contributed by atoms with Crippen LogP contribution >= 0.6 is 0 Å². The molecule has 1 atom stereocenters. The van der Waals surface area contributed by atoms with E-state index in [4.69, 9.17) is 5.73 Å². The zero-order valence-electron chi connectivity index (χ0n) is 17.7. The van der Waals surface area contributed by atoms with Gasteiger partial charge in [-0.2, -0.15) is 13.2 Å². The Bertz CT molecular complexity index is 1280. The SMILES string of the molecule is CC(=O)NCC(C1CC1)N1Cc2cc(-c3cnc4c(N)nc(C(F)(F)F)cn34)ccc2C1=O. The quantitative estimate of drug-likeness (QED) is 0.612. The van der Waals surface area contributed by atoms with E-state index in [1.165, 1.54) is 17.5 Å². The van der Waals surface area contributed by atoms with Crippen molar-refractivity contribution >= 4 is 23.3 Å². The molecule has 0 spiro atoms. The molecule has 1 aromatic carbocycles. The van der Waals surface area contributed by atoms with Gasteiger partial charge < -0.3 is 16.0 Å². The van der Waals surface area contributed by atoms with Gasteiger partial charge in [0, 0.05) is 37.3 Å². The van der Waals surface area contributed by atoms with Crippen molar-refractivity contribution in [2.45, 2.75) is 38.5 Å². The fraction of sp³-hybridized carbons (Fsp3) is 0.364. The summed E-state index contributed by atoms with van der Waals surface area (Å²) in [4.78, 5) is 33.8. The second kappa shape index (κ2) is 7.46. The summed E-state index contributed by atoms with van der Waals surface area (Å²) >= 11 is 0. The first-order valence-corrected chi connectivity index (χ1v) is 10.5. The van der Waals surface area contributed by atoms with Gasteiger partial charge in [0.05, 0.1) is 17.9 Å². The van der Waals surface area contributed by atoms with Crippen LogP contribution in [0.25, 0.3) is 16.9 Å². The number of carbonyl (C=O) groups excluding carboxylic acids is 2. The lowest BCUT2D eigenvalue weighted by atomic mass is 10.0. The molecule has 2 aliphatic rings. The number of hydrogen-bond acceptors (Lipinski definition) is 5. The number of benzene rings is 1. The minimum Gasteiger partial charge on any atom is -0.381 e. The van der Waals surface area contributed by atoms with Crippen LogP contribution in [0.5, 0.6) is 0 Å². The molecule has 5 rings (SSSR count). The molecule has 0 saturated heterocycles. The number of imidazole rings is 1. The van der Waals surface area contributed by atoms with Crippen LogP contribution in [-0.4, -0.2) is 43.7 Å². The molecular formula is C22H21F3N6O2. The summed E-state index contributed by atoms with van der Waals surface area (Å²) in [5, 5.41) is 2.81. The lowest BCUT2D eigenvalue weighted by Crippen LogP contribution is -2.45. The number of alkyl halides is 3. The number of nitrogen functional groups attached to an aromatic ring is 1. The van der Waals surface area contributed by atoms with E-state index in [-0.39, 0.29) is 29.3 Å². The topological polar surface area (TPSA) is 106 Å². The Hall–Kier alpha value is -3.63. The molecular weight excluding hydrogens is 437 g/mol. The summed E-state index contributed by atoms with van der Waals surface area (Å²) in [5.41, 5.74) is 7.08. The lowest BCUT2D eigenvalue weighted by Gasteiger charge is -2.28. The minimum absolute atomic E-state index is 0.0896. The van der Waals surface area contributed by atoms with Crippen LogP contribution in [-0.2, 0) is 17.5 Å². The normalized spacial score (nSPS) is 16.8. The Morgan fingerprint density at radius 3 is 2.76 bits per heavy atom. The van der Waals surface area contributed by atoms with E-state index in [1.54, 1.807) is 23.1 Å². The third kappa shape index (κ3) is 3.77. The average Bonchev–Trinajstić information content (AvgIpc) is 3.40. The second-order valence-corrected chi connectivity index (χ2v) is 8.49. The predicted octanol–water partition coefficient (Wildman–Crippen LogP) is 2.87. The summed E-state index contributed by atoms with van der Waals surface area (Å²) in [5.74, 6) is -0.218. The maximum Gasteiger partial charge on any atom is 0.434 e. The summed E-state index contributed by atoms with van der Waals surface area (Å²) in [6.45, 7) is 2.21. The van der Waals surface area contributed by atoms with E-state index in [9.17, 15) is 22.8 Å². The number of fused-ring (bicyclic) bond motifs is 2. The van der Waals surface area contributed by atoms with Crippen molar-refractivity contribution in [3.63, 3.8) is 0 Å². The van der Waals surface area contributed by atoms with E-state index in [2.05, 4.69) is 15.3 Å². The molecule has 1 unspecified atom stereocenters. The van der Waals surface area contributed by atoms with E-state index in [0.29, 0.717) is 35.8 Å². The van der Waals surface area contributed by atoms with Crippen molar-refractivity contribution in [1.82, 2.24) is 24.6 Å². The van der Waals surface area contributed by atoms with Crippen molar-refractivity contribution in [3.8, 4) is 11.3 Å². The smallest absolute Gasteiger partial charge is 0.381 e. The first-order chi connectivity index (χ1) is 15.6. The van der Waals surface area contributed by atoms with Crippen LogP contribution in [0.2, 0.25) is 0 Å². The van der Waals surface area contributed by atoms with Gasteiger partial charge in [-0.05, 0) is 36.5 Å². The average molecular weight is 458 g/mol. The molecule has 172 valence electrons. The van der Waals surface area contributed by atoms with E-state index >= 15 is 0 Å². The first-order valence-electron chi connectivity index (χ1n) is 10.5. The molecule has 0 radical (unpaired) electrons. The van der Waals surface area contributed by atoms with Gasteiger partial charge in [0.2, 0.25) is 5.91 Å². The van der Waals surface area contributed by atoms with Crippen molar-refractivity contribution in [1.29, 1.82) is 0 Å². The number of hydrogen-bond donors (Lipinski definition) is 2. The summed E-state index contributed by atoms with van der Waals surface area (Å²) in [6, 6.07) is 5.08. The molecule has 33 heavy (non-hydrogen) atoms. The maximum absolute atomic E-state index is 13.2. The molecule has 3 aromatic rings. The zero-order chi connectivity index (χ0) is 23.5. The van der Waals surface area contributed by atoms with Gasteiger partial charge in [0.1, 0.15) is 0 Å². The van der Waals surface area contributed by atoms with Gasteiger partial charge in [-0.1, -0.05) is 6.07 Å². The monoisotopic (exact) mass is 458 g/mol. The molecule has 0 bridgehead atoms. The summed E-state index contributed by atoms with van der Waals surface area (Å²) < 4.78 is 41.0. The molecule has 3 heterocycles. The second-order valence-electron chi connectivity index (χ2n) is 8.49.